The van der Waals surface area contributed by atoms with Gasteiger partial charge in [-0.3, -0.25) is 9.69 Å². The maximum Gasteiger partial charge on any atom is 0.307 e. The summed E-state index contributed by atoms with van der Waals surface area (Å²) >= 11 is 0. The van der Waals surface area contributed by atoms with Gasteiger partial charge in [-0.2, -0.15) is 0 Å². The van der Waals surface area contributed by atoms with Gasteiger partial charge in [-0.25, -0.2) is 8.78 Å². The van der Waals surface area contributed by atoms with E-state index >= 15 is 0 Å². The van der Waals surface area contributed by atoms with Crippen LogP contribution < -0.4 is 0 Å². The SMILES string of the molecule is CC1CC(C(=O)O)CN(Cc2ccc(F)c(F)c2)C1. The molecule has 2 atom stereocenters. The molecule has 1 fully saturated rings. The Kier molecular flexibility index (Phi) is 4.14. The fraction of sp³-hybridized carbons (Fsp3) is 0.500. The van der Waals surface area contributed by atoms with Crippen LogP contribution in [0.1, 0.15) is 18.9 Å². The average Bonchev–Trinajstić information content (AvgIpc) is 2.33. The molecule has 0 spiro atoms. The van der Waals surface area contributed by atoms with E-state index in [2.05, 4.69) is 0 Å². The molecule has 1 aromatic carbocycles. The van der Waals surface area contributed by atoms with E-state index in [0.29, 0.717) is 31.0 Å². The Labute approximate surface area is 110 Å². The van der Waals surface area contributed by atoms with E-state index < -0.39 is 17.6 Å². The number of carboxylic acid groups (broad SMARTS) is 1. The average molecular weight is 269 g/mol. The Hall–Kier alpha value is -1.49. The van der Waals surface area contributed by atoms with Gasteiger partial charge in [0.05, 0.1) is 5.92 Å². The number of piperidine rings is 1. The van der Waals surface area contributed by atoms with Gasteiger partial charge >= 0.3 is 5.97 Å². The van der Waals surface area contributed by atoms with E-state index in [-0.39, 0.29) is 5.92 Å². The number of benzene rings is 1. The quantitative estimate of drug-likeness (QED) is 0.916. The molecule has 0 amide bonds. The van der Waals surface area contributed by atoms with Gasteiger partial charge in [0.15, 0.2) is 11.6 Å². The van der Waals surface area contributed by atoms with Gasteiger partial charge in [0.2, 0.25) is 0 Å². The van der Waals surface area contributed by atoms with Gasteiger partial charge in [0.1, 0.15) is 0 Å². The summed E-state index contributed by atoms with van der Waals surface area (Å²) in [5.41, 5.74) is 0.664. The summed E-state index contributed by atoms with van der Waals surface area (Å²) in [6, 6.07) is 3.81. The van der Waals surface area contributed by atoms with Crippen LogP contribution in [-0.2, 0) is 11.3 Å². The highest BCUT2D eigenvalue weighted by molar-refractivity contribution is 5.70. The van der Waals surface area contributed by atoms with Gasteiger partial charge in [0, 0.05) is 19.6 Å². The van der Waals surface area contributed by atoms with E-state index in [0.717, 1.165) is 12.6 Å². The molecule has 1 N–H and O–H groups in total. The number of rotatable bonds is 3. The van der Waals surface area contributed by atoms with Gasteiger partial charge in [-0.1, -0.05) is 13.0 Å². The second-order valence-corrected chi connectivity index (χ2v) is 5.32. The van der Waals surface area contributed by atoms with Crippen molar-refractivity contribution < 1.29 is 18.7 Å². The van der Waals surface area contributed by atoms with E-state index in [1.807, 2.05) is 11.8 Å². The molecule has 0 bridgehead atoms. The Bertz CT molecular complexity index is 479. The fourth-order valence-corrected chi connectivity index (χ4v) is 2.67. The Morgan fingerprint density at radius 2 is 2.11 bits per heavy atom. The summed E-state index contributed by atoms with van der Waals surface area (Å²) in [6.07, 6.45) is 0.670. The van der Waals surface area contributed by atoms with Crippen LogP contribution in [-0.4, -0.2) is 29.1 Å². The van der Waals surface area contributed by atoms with Gasteiger partial charge < -0.3 is 5.11 Å². The van der Waals surface area contributed by atoms with Crippen LogP contribution in [0, 0.1) is 23.5 Å². The van der Waals surface area contributed by atoms with Gasteiger partial charge in [-0.15, -0.1) is 0 Å². The van der Waals surface area contributed by atoms with Crippen LogP contribution in [0.4, 0.5) is 8.78 Å². The summed E-state index contributed by atoms with van der Waals surface area (Å²) < 4.78 is 26.0. The largest absolute Gasteiger partial charge is 0.481 e. The molecule has 1 aliphatic heterocycles. The lowest BCUT2D eigenvalue weighted by molar-refractivity contribution is -0.144. The number of likely N-dealkylation sites (tertiary alicyclic amines) is 1. The van der Waals surface area contributed by atoms with Gasteiger partial charge in [-0.05, 0) is 30.0 Å². The van der Waals surface area contributed by atoms with Crippen LogP contribution in [0.2, 0.25) is 0 Å². The third-order valence-electron chi connectivity index (χ3n) is 3.47. The lowest BCUT2D eigenvalue weighted by Gasteiger charge is -2.34. The van der Waals surface area contributed by atoms with Crippen LogP contribution >= 0.6 is 0 Å². The summed E-state index contributed by atoms with van der Waals surface area (Å²) in [4.78, 5) is 13.0. The van der Waals surface area contributed by atoms with Gasteiger partial charge in [0.25, 0.3) is 0 Å². The lowest BCUT2D eigenvalue weighted by atomic mass is 9.90. The molecular weight excluding hydrogens is 252 g/mol. The zero-order valence-corrected chi connectivity index (χ0v) is 10.8. The van der Waals surface area contributed by atoms with Crippen molar-refractivity contribution in [2.24, 2.45) is 11.8 Å². The minimum atomic E-state index is -0.864. The third-order valence-corrected chi connectivity index (χ3v) is 3.47. The first-order valence-corrected chi connectivity index (χ1v) is 6.34. The molecule has 1 aromatic rings. The summed E-state index contributed by atoms with van der Waals surface area (Å²) in [6.45, 7) is 3.69. The molecule has 104 valence electrons. The first kappa shape index (κ1) is 13.9. The monoisotopic (exact) mass is 269 g/mol. The Balaban J connectivity index is 2.05. The van der Waals surface area contributed by atoms with Crippen LogP contribution in [0.15, 0.2) is 18.2 Å². The van der Waals surface area contributed by atoms with E-state index in [1.54, 1.807) is 0 Å². The third kappa shape index (κ3) is 3.50. The zero-order valence-electron chi connectivity index (χ0n) is 10.8. The summed E-state index contributed by atoms with van der Waals surface area (Å²) in [7, 11) is 0. The second-order valence-electron chi connectivity index (χ2n) is 5.32. The number of aliphatic carboxylic acids is 1. The van der Waals surface area contributed by atoms with Crippen molar-refractivity contribution in [1.82, 2.24) is 4.90 Å². The molecule has 5 heteroatoms. The predicted molar refractivity (Wildman–Crippen MR) is 66.5 cm³/mol. The van der Waals surface area contributed by atoms with Crippen LogP contribution in [0.5, 0.6) is 0 Å². The minimum absolute atomic E-state index is 0.292. The van der Waals surface area contributed by atoms with E-state index in [1.165, 1.54) is 12.1 Å². The number of halogens is 2. The molecule has 1 heterocycles. The molecule has 2 unspecified atom stereocenters. The first-order chi connectivity index (χ1) is 8.95. The molecular formula is C14H17F2NO2. The molecule has 2 rings (SSSR count). The Morgan fingerprint density at radius 1 is 1.37 bits per heavy atom. The zero-order chi connectivity index (χ0) is 14.0. The van der Waals surface area contributed by atoms with Crippen molar-refractivity contribution in [1.29, 1.82) is 0 Å². The number of carbonyl (C=O) groups is 1. The number of nitrogens with zero attached hydrogens (tertiary/aromatic N) is 1. The highest BCUT2D eigenvalue weighted by atomic mass is 19.2. The van der Waals surface area contributed by atoms with Crippen molar-refractivity contribution in [3.8, 4) is 0 Å². The molecule has 3 nitrogen and oxygen atoms in total. The van der Waals surface area contributed by atoms with Crippen molar-refractivity contribution in [3.63, 3.8) is 0 Å². The lowest BCUT2D eigenvalue weighted by Crippen LogP contribution is -2.41. The first-order valence-electron chi connectivity index (χ1n) is 6.34. The molecule has 1 aliphatic rings. The van der Waals surface area contributed by atoms with Crippen LogP contribution in [0.3, 0.4) is 0 Å². The number of hydrogen-bond acceptors (Lipinski definition) is 2. The molecule has 1 saturated heterocycles. The predicted octanol–water partition coefficient (Wildman–Crippen LogP) is 2.51. The highest BCUT2D eigenvalue weighted by Gasteiger charge is 2.29. The summed E-state index contributed by atoms with van der Waals surface area (Å²) in [5.74, 6) is -2.60. The van der Waals surface area contributed by atoms with Crippen molar-refractivity contribution in [2.75, 3.05) is 13.1 Å². The molecule has 0 aromatic heterocycles. The maximum atomic E-state index is 13.1. The van der Waals surface area contributed by atoms with Crippen molar-refractivity contribution in [2.45, 2.75) is 19.9 Å². The summed E-state index contributed by atoms with van der Waals surface area (Å²) in [5, 5.41) is 9.08. The van der Waals surface area contributed by atoms with Crippen molar-refractivity contribution >= 4 is 5.97 Å². The van der Waals surface area contributed by atoms with Crippen molar-refractivity contribution in [3.05, 3.63) is 35.4 Å². The molecule has 0 saturated carbocycles. The fourth-order valence-electron chi connectivity index (χ4n) is 2.67. The molecule has 0 radical (unpaired) electrons. The van der Waals surface area contributed by atoms with E-state index in [4.69, 9.17) is 5.11 Å². The highest BCUT2D eigenvalue weighted by Crippen LogP contribution is 2.23. The second kappa shape index (κ2) is 5.65. The van der Waals surface area contributed by atoms with Crippen LogP contribution in [0.25, 0.3) is 0 Å². The minimum Gasteiger partial charge on any atom is -0.481 e. The smallest absolute Gasteiger partial charge is 0.307 e. The number of carboxylic acids is 1. The maximum absolute atomic E-state index is 13.1. The standard InChI is InChI=1S/C14H17F2NO2/c1-9-4-11(14(18)19)8-17(6-9)7-10-2-3-12(15)13(16)5-10/h2-3,5,9,11H,4,6-8H2,1H3,(H,18,19). The molecule has 19 heavy (non-hydrogen) atoms. The Morgan fingerprint density at radius 3 is 2.74 bits per heavy atom. The number of hydrogen-bond donors (Lipinski definition) is 1. The topological polar surface area (TPSA) is 40.5 Å². The van der Waals surface area contributed by atoms with E-state index in [9.17, 15) is 13.6 Å². The normalized spacial score (nSPS) is 24.4. The molecule has 0 aliphatic carbocycles.